The van der Waals surface area contributed by atoms with Crippen molar-refractivity contribution in [2.45, 2.75) is 13.5 Å². The molecule has 0 amide bonds. The average Bonchev–Trinajstić information content (AvgIpc) is 2.30. The van der Waals surface area contributed by atoms with Crippen molar-refractivity contribution < 1.29 is 9.47 Å². The van der Waals surface area contributed by atoms with E-state index in [1.54, 1.807) is 14.2 Å². The zero-order valence-corrected chi connectivity index (χ0v) is 11.8. The van der Waals surface area contributed by atoms with Crippen molar-refractivity contribution in [1.82, 2.24) is 4.90 Å². The number of rotatable bonds is 5. The summed E-state index contributed by atoms with van der Waals surface area (Å²) >= 11 is 3.42. The molecule has 0 aliphatic carbocycles. The second kappa shape index (κ2) is 6.11. The van der Waals surface area contributed by atoms with E-state index in [-0.39, 0.29) is 0 Å². The molecule has 1 aromatic rings. The van der Waals surface area contributed by atoms with E-state index in [9.17, 15) is 0 Å². The number of benzene rings is 1. The molecule has 16 heavy (non-hydrogen) atoms. The van der Waals surface area contributed by atoms with Gasteiger partial charge in [0.25, 0.3) is 0 Å². The Bertz CT molecular complexity index is 355. The fourth-order valence-electron chi connectivity index (χ4n) is 1.57. The van der Waals surface area contributed by atoms with Crippen molar-refractivity contribution in [3.8, 4) is 11.5 Å². The van der Waals surface area contributed by atoms with Gasteiger partial charge >= 0.3 is 0 Å². The minimum absolute atomic E-state index is 0.824. The summed E-state index contributed by atoms with van der Waals surface area (Å²) in [4.78, 5) is 2.15. The molecule has 0 bridgehead atoms. The first-order valence-electron chi connectivity index (χ1n) is 5.08. The Morgan fingerprint density at radius 1 is 1.19 bits per heavy atom. The number of alkyl halides is 1. The largest absolute Gasteiger partial charge is 0.496 e. The molecule has 0 saturated heterocycles. The lowest BCUT2D eigenvalue weighted by Crippen LogP contribution is -2.15. The molecule has 0 radical (unpaired) electrons. The van der Waals surface area contributed by atoms with E-state index in [1.807, 2.05) is 26.1 Å². The topological polar surface area (TPSA) is 21.7 Å². The van der Waals surface area contributed by atoms with Gasteiger partial charge in [-0.05, 0) is 31.7 Å². The number of methoxy groups -OCH3 is 2. The zero-order valence-electron chi connectivity index (χ0n) is 10.2. The Labute approximate surface area is 105 Å². The summed E-state index contributed by atoms with van der Waals surface area (Å²) in [7, 11) is 5.42. The Hall–Kier alpha value is -0.740. The average molecular weight is 288 g/mol. The maximum Gasteiger partial charge on any atom is 0.123 e. The van der Waals surface area contributed by atoms with E-state index in [1.165, 1.54) is 0 Å². The fraction of sp³-hybridized carbons (Fsp3) is 0.500. The van der Waals surface area contributed by atoms with Crippen molar-refractivity contribution >= 4 is 15.9 Å². The summed E-state index contributed by atoms with van der Waals surface area (Å²) in [5.74, 6) is 1.81. The highest BCUT2D eigenvalue weighted by Gasteiger charge is 2.10. The predicted molar refractivity (Wildman–Crippen MR) is 69.5 cm³/mol. The number of hydrogen-bond acceptors (Lipinski definition) is 3. The first-order chi connectivity index (χ1) is 7.62. The molecular formula is C12H18BrNO2. The molecule has 0 N–H and O–H groups in total. The van der Waals surface area contributed by atoms with Gasteiger partial charge in [-0.2, -0.15) is 0 Å². The lowest BCUT2D eigenvalue weighted by molar-refractivity contribution is 0.360. The predicted octanol–water partition coefficient (Wildman–Crippen LogP) is 2.80. The molecule has 0 aromatic heterocycles. The quantitative estimate of drug-likeness (QED) is 0.614. The number of hydrogen-bond donors (Lipinski definition) is 0. The van der Waals surface area contributed by atoms with E-state index >= 15 is 0 Å². The number of aryl methyl sites for hydroxylation is 1. The first kappa shape index (κ1) is 13.3. The molecule has 0 unspecified atom stereocenters. The van der Waals surface area contributed by atoms with Crippen LogP contribution in [0.2, 0.25) is 0 Å². The van der Waals surface area contributed by atoms with Gasteiger partial charge < -0.3 is 9.47 Å². The first-order valence-corrected chi connectivity index (χ1v) is 6.20. The van der Waals surface area contributed by atoms with Crippen LogP contribution >= 0.6 is 15.9 Å². The summed E-state index contributed by atoms with van der Waals surface area (Å²) in [5, 5.41) is 0. The Morgan fingerprint density at radius 2 is 1.81 bits per heavy atom. The van der Waals surface area contributed by atoms with Crippen LogP contribution in [0.15, 0.2) is 12.1 Å². The summed E-state index contributed by atoms with van der Waals surface area (Å²) in [6.07, 6.45) is 0. The molecule has 0 aliphatic rings. The van der Waals surface area contributed by atoms with Gasteiger partial charge in [-0.25, -0.2) is 0 Å². The molecule has 90 valence electrons. The van der Waals surface area contributed by atoms with E-state index in [2.05, 4.69) is 20.8 Å². The molecule has 3 nitrogen and oxygen atoms in total. The van der Waals surface area contributed by atoms with Crippen LogP contribution in [-0.2, 0) is 6.54 Å². The van der Waals surface area contributed by atoms with Gasteiger partial charge in [0.05, 0.1) is 19.7 Å². The van der Waals surface area contributed by atoms with E-state index < -0.39 is 0 Å². The normalized spacial score (nSPS) is 10.6. The van der Waals surface area contributed by atoms with Gasteiger partial charge in [-0.15, -0.1) is 0 Å². The molecule has 0 atom stereocenters. The minimum atomic E-state index is 0.824. The number of halogens is 1. The Balaban J connectivity index is 3.04. The van der Waals surface area contributed by atoms with Crippen LogP contribution in [0.1, 0.15) is 11.1 Å². The second-order valence-electron chi connectivity index (χ2n) is 3.77. The van der Waals surface area contributed by atoms with Crippen LogP contribution in [0.5, 0.6) is 11.5 Å². The van der Waals surface area contributed by atoms with Crippen LogP contribution in [0.25, 0.3) is 0 Å². The molecule has 0 spiro atoms. The van der Waals surface area contributed by atoms with Crippen molar-refractivity contribution in [3.63, 3.8) is 0 Å². The van der Waals surface area contributed by atoms with Crippen molar-refractivity contribution in [2.75, 3.05) is 26.7 Å². The van der Waals surface area contributed by atoms with Gasteiger partial charge in [0.1, 0.15) is 11.5 Å². The minimum Gasteiger partial charge on any atom is -0.496 e. The van der Waals surface area contributed by atoms with Crippen molar-refractivity contribution in [1.29, 1.82) is 0 Å². The molecule has 1 aromatic carbocycles. The summed E-state index contributed by atoms with van der Waals surface area (Å²) in [6, 6.07) is 4.05. The van der Waals surface area contributed by atoms with Crippen LogP contribution in [0, 0.1) is 6.92 Å². The van der Waals surface area contributed by atoms with Crippen LogP contribution in [-0.4, -0.2) is 31.6 Å². The third-order valence-electron chi connectivity index (χ3n) is 2.44. The van der Waals surface area contributed by atoms with Crippen LogP contribution in [0.4, 0.5) is 0 Å². The highest BCUT2D eigenvalue weighted by Crippen LogP contribution is 2.29. The lowest BCUT2D eigenvalue weighted by atomic mass is 10.1. The highest BCUT2D eigenvalue weighted by molar-refractivity contribution is 9.09. The maximum absolute atomic E-state index is 5.37. The summed E-state index contributed by atoms with van der Waals surface area (Å²) in [6.45, 7) is 2.84. The second-order valence-corrected chi connectivity index (χ2v) is 4.27. The molecule has 0 saturated carbocycles. The summed E-state index contributed by atoms with van der Waals surface area (Å²) in [5.41, 5.74) is 3.04. The Kier molecular flexibility index (Phi) is 5.09. The fourth-order valence-corrected chi connectivity index (χ4v) is 1.75. The molecule has 0 fully saturated rings. The van der Waals surface area contributed by atoms with Gasteiger partial charge in [-0.3, -0.25) is 4.90 Å². The highest BCUT2D eigenvalue weighted by atomic mass is 79.9. The third-order valence-corrected chi connectivity index (χ3v) is 3.30. The lowest BCUT2D eigenvalue weighted by Gasteiger charge is -2.17. The molecule has 0 heterocycles. The SMILES string of the molecule is COc1cc(CN(C)CBr)c(OC)cc1C. The smallest absolute Gasteiger partial charge is 0.123 e. The Morgan fingerprint density at radius 3 is 2.31 bits per heavy atom. The van der Waals surface area contributed by atoms with Gasteiger partial charge in [0, 0.05) is 12.1 Å². The van der Waals surface area contributed by atoms with Crippen molar-refractivity contribution in [3.05, 3.63) is 23.3 Å². The molecule has 1 rings (SSSR count). The molecule has 4 heteroatoms. The zero-order chi connectivity index (χ0) is 12.1. The summed E-state index contributed by atoms with van der Waals surface area (Å²) < 4.78 is 10.7. The van der Waals surface area contributed by atoms with Crippen molar-refractivity contribution in [2.24, 2.45) is 0 Å². The van der Waals surface area contributed by atoms with E-state index in [4.69, 9.17) is 9.47 Å². The maximum atomic E-state index is 5.37. The van der Waals surface area contributed by atoms with Crippen LogP contribution in [0.3, 0.4) is 0 Å². The van der Waals surface area contributed by atoms with E-state index in [0.29, 0.717) is 0 Å². The standard InChI is InChI=1S/C12H18BrNO2/c1-9-5-12(16-4)10(6-11(9)15-3)7-14(2)8-13/h5-6H,7-8H2,1-4H3. The van der Waals surface area contributed by atoms with Gasteiger partial charge in [0.15, 0.2) is 0 Å². The molecule has 0 aliphatic heterocycles. The number of nitrogens with zero attached hydrogens (tertiary/aromatic N) is 1. The van der Waals surface area contributed by atoms with Gasteiger partial charge in [0.2, 0.25) is 0 Å². The monoisotopic (exact) mass is 287 g/mol. The number of ether oxygens (including phenoxy) is 2. The molecular weight excluding hydrogens is 270 g/mol. The third kappa shape index (κ3) is 3.12. The van der Waals surface area contributed by atoms with Crippen LogP contribution < -0.4 is 9.47 Å². The van der Waals surface area contributed by atoms with E-state index in [0.717, 1.165) is 34.6 Å². The van der Waals surface area contributed by atoms with Gasteiger partial charge in [-0.1, -0.05) is 15.9 Å².